The van der Waals surface area contributed by atoms with Gasteiger partial charge in [-0.1, -0.05) is 12.8 Å². The van der Waals surface area contributed by atoms with E-state index in [0.29, 0.717) is 36.8 Å². The lowest BCUT2D eigenvalue weighted by Gasteiger charge is -2.24. The first-order chi connectivity index (χ1) is 12.7. The zero-order valence-electron chi connectivity index (χ0n) is 14.7. The van der Waals surface area contributed by atoms with Gasteiger partial charge < -0.3 is 16.0 Å². The number of carbonyl (C=O) groups excluding carboxylic acids is 2. The number of hydrogen-bond acceptors (Lipinski definition) is 5. The van der Waals surface area contributed by atoms with Crippen LogP contribution in [0.15, 0.2) is 24.3 Å². The van der Waals surface area contributed by atoms with Crippen LogP contribution < -0.4 is 11.1 Å². The van der Waals surface area contributed by atoms with E-state index in [-0.39, 0.29) is 18.4 Å². The molecule has 1 aromatic carbocycles. The fourth-order valence-corrected chi connectivity index (χ4v) is 2.97. The Bertz CT molecular complexity index is 755. The Morgan fingerprint density at radius 2 is 1.96 bits per heavy atom. The van der Waals surface area contributed by atoms with E-state index in [2.05, 4.69) is 20.5 Å². The summed E-state index contributed by atoms with van der Waals surface area (Å²) in [4.78, 5) is 30.3. The van der Waals surface area contributed by atoms with Crippen molar-refractivity contribution in [2.45, 2.75) is 38.6 Å². The van der Waals surface area contributed by atoms with Crippen LogP contribution in [0, 0.1) is 0 Å². The number of aromatic amines is 1. The predicted octanol–water partition coefficient (Wildman–Crippen LogP) is 1.66. The average molecular weight is 356 g/mol. The third-order valence-corrected chi connectivity index (χ3v) is 4.41. The van der Waals surface area contributed by atoms with Crippen molar-refractivity contribution < 1.29 is 9.59 Å². The number of nitrogens with one attached hydrogen (secondary N) is 2. The maximum absolute atomic E-state index is 12.3. The van der Waals surface area contributed by atoms with E-state index in [4.69, 9.17) is 5.73 Å². The summed E-state index contributed by atoms with van der Waals surface area (Å²) >= 11 is 0. The van der Waals surface area contributed by atoms with Crippen molar-refractivity contribution in [3.63, 3.8) is 0 Å². The van der Waals surface area contributed by atoms with Crippen LogP contribution in [-0.4, -0.2) is 45.0 Å². The Labute approximate surface area is 152 Å². The molecule has 2 aromatic rings. The van der Waals surface area contributed by atoms with Crippen LogP contribution in [0.2, 0.25) is 0 Å². The molecule has 138 valence electrons. The van der Waals surface area contributed by atoms with E-state index in [0.717, 1.165) is 31.2 Å². The van der Waals surface area contributed by atoms with E-state index in [1.807, 2.05) is 12.1 Å². The van der Waals surface area contributed by atoms with Crippen LogP contribution in [-0.2, 0) is 16.1 Å². The van der Waals surface area contributed by atoms with Crippen LogP contribution in [0.3, 0.4) is 0 Å². The second-order valence-corrected chi connectivity index (χ2v) is 6.41. The summed E-state index contributed by atoms with van der Waals surface area (Å²) in [5.74, 6) is 1.07. The number of aromatic nitrogens is 3. The molecule has 1 saturated heterocycles. The quantitative estimate of drug-likeness (QED) is 0.753. The van der Waals surface area contributed by atoms with Gasteiger partial charge in [-0.05, 0) is 37.1 Å². The molecule has 0 spiro atoms. The predicted molar refractivity (Wildman–Crippen MR) is 98.0 cm³/mol. The first kappa shape index (κ1) is 18.1. The van der Waals surface area contributed by atoms with Crippen molar-refractivity contribution in [1.29, 1.82) is 0 Å². The summed E-state index contributed by atoms with van der Waals surface area (Å²) in [6.45, 7) is 1.05. The zero-order chi connectivity index (χ0) is 18.4. The summed E-state index contributed by atoms with van der Waals surface area (Å²) in [6.07, 6.45) is 4.60. The minimum absolute atomic E-state index is 0.0653. The van der Waals surface area contributed by atoms with Crippen molar-refractivity contribution in [2.75, 3.05) is 18.4 Å². The van der Waals surface area contributed by atoms with E-state index in [1.165, 1.54) is 0 Å². The maximum atomic E-state index is 12.3. The van der Waals surface area contributed by atoms with Crippen LogP contribution in [0.4, 0.5) is 5.69 Å². The van der Waals surface area contributed by atoms with Gasteiger partial charge in [-0.2, -0.15) is 5.10 Å². The van der Waals surface area contributed by atoms with E-state index < -0.39 is 0 Å². The summed E-state index contributed by atoms with van der Waals surface area (Å²) in [5, 5.41) is 9.71. The van der Waals surface area contributed by atoms with Gasteiger partial charge in [0.15, 0.2) is 5.82 Å². The highest BCUT2D eigenvalue weighted by Crippen LogP contribution is 2.18. The van der Waals surface area contributed by atoms with E-state index in [1.54, 1.807) is 17.0 Å². The molecule has 3 rings (SSSR count). The molecule has 1 fully saturated rings. The Hall–Kier alpha value is -2.74. The topological polar surface area (TPSA) is 117 Å². The first-order valence-corrected chi connectivity index (χ1v) is 8.95. The molecule has 8 heteroatoms. The zero-order valence-corrected chi connectivity index (χ0v) is 14.7. The number of benzene rings is 1. The van der Waals surface area contributed by atoms with Crippen molar-refractivity contribution in [3.05, 3.63) is 30.1 Å². The number of anilines is 1. The number of hydrogen-bond donors (Lipinski definition) is 3. The molecule has 2 heterocycles. The van der Waals surface area contributed by atoms with Crippen molar-refractivity contribution in [3.8, 4) is 11.4 Å². The van der Waals surface area contributed by atoms with Gasteiger partial charge in [-0.3, -0.25) is 14.7 Å². The summed E-state index contributed by atoms with van der Waals surface area (Å²) in [7, 11) is 0. The highest BCUT2D eigenvalue weighted by Gasteiger charge is 2.18. The second-order valence-electron chi connectivity index (χ2n) is 6.41. The third-order valence-electron chi connectivity index (χ3n) is 4.41. The Morgan fingerprint density at radius 3 is 2.69 bits per heavy atom. The molecule has 1 aliphatic rings. The average Bonchev–Trinajstić information content (AvgIpc) is 3.11. The standard InChI is InChI=1S/C18H24N6O2/c19-11-15-21-18(23-22-15)13-6-8-14(9-7-13)20-16(25)12-24-10-4-2-1-3-5-17(24)26/h6-9H,1-5,10-12,19H2,(H,20,25)(H,21,22,23). The molecular weight excluding hydrogens is 332 g/mol. The SMILES string of the molecule is NCc1nc(-c2ccc(NC(=O)CN3CCCCCCC3=O)cc2)n[nH]1. The largest absolute Gasteiger partial charge is 0.333 e. The number of H-pyrrole nitrogens is 1. The summed E-state index contributed by atoms with van der Waals surface area (Å²) < 4.78 is 0. The van der Waals surface area contributed by atoms with Crippen LogP contribution in [0.1, 0.15) is 37.9 Å². The molecule has 0 saturated carbocycles. The van der Waals surface area contributed by atoms with Gasteiger partial charge in [0.1, 0.15) is 5.82 Å². The van der Waals surface area contributed by atoms with Crippen LogP contribution in [0.5, 0.6) is 0 Å². The highest BCUT2D eigenvalue weighted by atomic mass is 16.2. The maximum Gasteiger partial charge on any atom is 0.243 e. The van der Waals surface area contributed by atoms with Gasteiger partial charge in [-0.15, -0.1) is 0 Å². The molecule has 4 N–H and O–H groups in total. The molecule has 1 aromatic heterocycles. The van der Waals surface area contributed by atoms with Gasteiger partial charge >= 0.3 is 0 Å². The minimum Gasteiger partial charge on any atom is -0.333 e. The number of amides is 2. The highest BCUT2D eigenvalue weighted by molar-refractivity contribution is 5.94. The molecule has 0 bridgehead atoms. The molecule has 26 heavy (non-hydrogen) atoms. The van der Waals surface area contributed by atoms with Gasteiger partial charge in [0.05, 0.1) is 13.1 Å². The molecule has 1 aliphatic heterocycles. The molecule has 0 radical (unpaired) electrons. The fourth-order valence-electron chi connectivity index (χ4n) is 2.97. The lowest BCUT2D eigenvalue weighted by molar-refractivity contribution is -0.135. The van der Waals surface area contributed by atoms with Crippen molar-refractivity contribution >= 4 is 17.5 Å². The fraction of sp³-hybridized carbons (Fsp3) is 0.444. The number of rotatable bonds is 5. The van der Waals surface area contributed by atoms with Crippen molar-refractivity contribution in [2.24, 2.45) is 5.73 Å². The Kier molecular flexibility index (Phi) is 5.96. The summed E-state index contributed by atoms with van der Waals surface area (Å²) in [6, 6.07) is 7.25. The second kappa shape index (κ2) is 8.57. The number of likely N-dealkylation sites (tertiary alicyclic amines) is 1. The lowest BCUT2D eigenvalue weighted by Crippen LogP contribution is -2.39. The summed E-state index contributed by atoms with van der Waals surface area (Å²) in [5.41, 5.74) is 7.02. The van der Waals surface area contributed by atoms with E-state index in [9.17, 15) is 9.59 Å². The third kappa shape index (κ3) is 4.66. The smallest absolute Gasteiger partial charge is 0.243 e. The molecule has 0 aliphatic carbocycles. The van der Waals surface area contributed by atoms with Crippen LogP contribution >= 0.6 is 0 Å². The monoisotopic (exact) mass is 356 g/mol. The van der Waals surface area contributed by atoms with Crippen LogP contribution in [0.25, 0.3) is 11.4 Å². The minimum atomic E-state index is -0.185. The van der Waals surface area contributed by atoms with Gasteiger partial charge in [0.2, 0.25) is 11.8 Å². The Morgan fingerprint density at radius 1 is 1.19 bits per heavy atom. The lowest BCUT2D eigenvalue weighted by atomic mass is 10.1. The van der Waals surface area contributed by atoms with E-state index >= 15 is 0 Å². The van der Waals surface area contributed by atoms with Gasteiger partial charge in [-0.25, -0.2) is 4.98 Å². The molecule has 0 atom stereocenters. The Balaban J connectivity index is 1.57. The van der Waals surface area contributed by atoms with Gasteiger partial charge in [0, 0.05) is 24.2 Å². The number of nitrogens with two attached hydrogens (primary N) is 1. The first-order valence-electron chi connectivity index (χ1n) is 8.95. The normalized spacial score (nSPS) is 15.4. The molecule has 8 nitrogen and oxygen atoms in total. The van der Waals surface area contributed by atoms with Gasteiger partial charge in [0.25, 0.3) is 0 Å². The molecular formula is C18H24N6O2. The molecule has 0 unspecified atom stereocenters. The number of carbonyl (C=O) groups is 2. The molecule has 2 amide bonds. The van der Waals surface area contributed by atoms with Crippen molar-refractivity contribution in [1.82, 2.24) is 20.1 Å². The number of nitrogens with zero attached hydrogens (tertiary/aromatic N) is 3.